The van der Waals surface area contributed by atoms with E-state index in [-0.39, 0.29) is 17.2 Å². The van der Waals surface area contributed by atoms with Gasteiger partial charge in [0.1, 0.15) is 17.1 Å². The van der Waals surface area contributed by atoms with Crippen LogP contribution in [0.4, 0.5) is 0 Å². The summed E-state index contributed by atoms with van der Waals surface area (Å²) in [5.74, 6) is 0.366. The molecule has 4 rings (SSSR count). The lowest BCUT2D eigenvalue weighted by atomic mass is 9.79. The van der Waals surface area contributed by atoms with E-state index in [1.54, 1.807) is 0 Å². The molecular weight excluding hydrogens is 362 g/mol. The van der Waals surface area contributed by atoms with Gasteiger partial charge in [-0.3, -0.25) is 0 Å². The smallest absolute Gasteiger partial charge is 0.345 e. The van der Waals surface area contributed by atoms with Crippen LogP contribution in [-0.4, -0.2) is 5.11 Å². The van der Waals surface area contributed by atoms with Gasteiger partial charge in [0.15, 0.2) is 0 Å². The van der Waals surface area contributed by atoms with Gasteiger partial charge in [0.25, 0.3) is 0 Å². The molecular formula is C25H25NO3. The summed E-state index contributed by atoms with van der Waals surface area (Å²) in [6.07, 6.45) is 4.46. The van der Waals surface area contributed by atoms with Gasteiger partial charge in [-0.15, -0.1) is 0 Å². The second-order valence-corrected chi connectivity index (χ2v) is 7.60. The molecule has 0 bridgehead atoms. The number of allylic oxidation sites excluding steroid dienone is 1. The topological polar surface area (TPSA) is 76.5 Å². The second kappa shape index (κ2) is 7.72. The van der Waals surface area contributed by atoms with Gasteiger partial charge in [-0.2, -0.15) is 0 Å². The predicted molar refractivity (Wildman–Crippen MR) is 115 cm³/mol. The average molecular weight is 387 g/mol. The second-order valence-electron chi connectivity index (χ2n) is 7.60. The number of aromatic hydroxyl groups is 1. The van der Waals surface area contributed by atoms with Crippen LogP contribution in [0.2, 0.25) is 0 Å². The molecule has 0 saturated heterocycles. The first-order valence-corrected chi connectivity index (χ1v) is 10.0. The molecule has 1 atom stereocenters. The van der Waals surface area contributed by atoms with Crippen LogP contribution in [0.15, 0.2) is 75.9 Å². The molecule has 0 aliphatic heterocycles. The lowest BCUT2D eigenvalue weighted by molar-refractivity contribution is 0.375. The third-order valence-corrected chi connectivity index (χ3v) is 5.66. The van der Waals surface area contributed by atoms with Crippen molar-refractivity contribution < 1.29 is 9.52 Å². The summed E-state index contributed by atoms with van der Waals surface area (Å²) in [5, 5.41) is 10.9. The fraction of sp³-hybridized carbons (Fsp3) is 0.240. The number of rotatable bonds is 6. The minimum atomic E-state index is -1.06. The SMILES string of the molecule is CCC(=Cc1ccccc1)c1cc(O)c(C(N)(c2ccccc2)C2CC2)c(=O)o1. The fourth-order valence-electron chi connectivity index (χ4n) is 3.95. The van der Waals surface area contributed by atoms with Gasteiger partial charge < -0.3 is 15.3 Å². The van der Waals surface area contributed by atoms with E-state index in [9.17, 15) is 9.90 Å². The third-order valence-electron chi connectivity index (χ3n) is 5.66. The molecule has 4 nitrogen and oxygen atoms in total. The number of hydrogen-bond acceptors (Lipinski definition) is 4. The summed E-state index contributed by atoms with van der Waals surface area (Å²) in [5.41, 5.74) is 7.96. The maximum Gasteiger partial charge on any atom is 0.345 e. The fourth-order valence-corrected chi connectivity index (χ4v) is 3.95. The van der Waals surface area contributed by atoms with E-state index >= 15 is 0 Å². The van der Waals surface area contributed by atoms with E-state index in [4.69, 9.17) is 10.2 Å². The molecule has 4 heteroatoms. The van der Waals surface area contributed by atoms with Crippen molar-refractivity contribution in [3.63, 3.8) is 0 Å². The summed E-state index contributed by atoms with van der Waals surface area (Å²) < 4.78 is 5.70. The van der Waals surface area contributed by atoms with E-state index < -0.39 is 11.2 Å². The van der Waals surface area contributed by atoms with Crippen LogP contribution in [0.1, 0.15) is 48.6 Å². The van der Waals surface area contributed by atoms with Gasteiger partial charge in [-0.05, 0) is 48.0 Å². The molecule has 1 saturated carbocycles. The Bertz CT molecular complexity index is 1080. The minimum absolute atomic E-state index is 0.107. The molecule has 148 valence electrons. The standard InChI is InChI=1S/C25H25NO3/c1-2-18(15-17-9-5-3-6-10-17)22-16-21(27)23(24(28)29-22)25(26,20-13-14-20)19-11-7-4-8-12-19/h3-12,15-16,20,27H,2,13-14,26H2,1H3. The van der Waals surface area contributed by atoms with Crippen molar-refractivity contribution in [2.24, 2.45) is 11.7 Å². The number of nitrogens with two attached hydrogens (primary N) is 1. The molecule has 0 radical (unpaired) electrons. The highest BCUT2D eigenvalue weighted by molar-refractivity contribution is 5.79. The Kier molecular flexibility index (Phi) is 5.12. The third kappa shape index (κ3) is 3.64. The van der Waals surface area contributed by atoms with E-state index in [1.165, 1.54) is 6.07 Å². The lowest BCUT2D eigenvalue weighted by Gasteiger charge is -2.30. The molecule has 0 amide bonds. The monoisotopic (exact) mass is 387 g/mol. The van der Waals surface area contributed by atoms with Crippen molar-refractivity contribution in [3.8, 4) is 5.75 Å². The Balaban J connectivity index is 1.82. The number of benzene rings is 2. The Hall–Kier alpha value is -3.11. The molecule has 1 heterocycles. The van der Waals surface area contributed by atoms with E-state index in [2.05, 4.69) is 0 Å². The van der Waals surface area contributed by atoms with Gasteiger partial charge in [0.05, 0.1) is 5.54 Å². The molecule has 1 unspecified atom stereocenters. The van der Waals surface area contributed by atoms with E-state index in [0.717, 1.165) is 29.5 Å². The summed E-state index contributed by atoms with van der Waals surface area (Å²) in [4.78, 5) is 13.1. The van der Waals surface area contributed by atoms with Crippen LogP contribution in [0.25, 0.3) is 11.6 Å². The summed E-state index contributed by atoms with van der Waals surface area (Å²) in [6, 6.07) is 20.8. The summed E-state index contributed by atoms with van der Waals surface area (Å²) >= 11 is 0. The molecule has 1 aliphatic carbocycles. The van der Waals surface area contributed by atoms with Crippen molar-refractivity contribution in [1.29, 1.82) is 0 Å². The highest BCUT2D eigenvalue weighted by Crippen LogP contribution is 2.49. The maximum absolute atomic E-state index is 13.1. The molecule has 1 fully saturated rings. The summed E-state index contributed by atoms with van der Waals surface area (Å²) in [6.45, 7) is 1.99. The Morgan fingerprint density at radius 3 is 2.31 bits per heavy atom. The first-order chi connectivity index (χ1) is 14.0. The van der Waals surface area contributed by atoms with E-state index in [0.29, 0.717) is 12.2 Å². The minimum Gasteiger partial charge on any atom is -0.507 e. The highest BCUT2D eigenvalue weighted by atomic mass is 16.4. The zero-order chi connectivity index (χ0) is 20.4. The largest absolute Gasteiger partial charge is 0.507 e. The first kappa shape index (κ1) is 19.2. The van der Waals surface area contributed by atoms with Crippen molar-refractivity contribution in [2.75, 3.05) is 0 Å². The van der Waals surface area contributed by atoms with Crippen LogP contribution in [0.5, 0.6) is 5.75 Å². The van der Waals surface area contributed by atoms with Crippen LogP contribution in [0, 0.1) is 5.92 Å². The number of hydrogen-bond donors (Lipinski definition) is 2. The van der Waals surface area contributed by atoms with Gasteiger partial charge in [0, 0.05) is 6.07 Å². The molecule has 3 N–H and O–H groups in total. The van der Waals surface area contributed by atoms with Crippen molar-refractivity contribution in [3.05, 3.63) is 99.6 Å². The van der Waals surface area contributed by atoms with Crippen LogP contribution >= 0.6 is 0 Å². The molecule has 2 aromatic carbocycles. The molecule has 1 aliphatic rings. The molecule has 0 spiro atoms. The Morgan fingerprint density at radius 1 is 1.14 bits per heavy atom. The van der Waals surface area contributed by atoms with Gasteiger partial charge in [0.2, 0.25) is 0 Å². The average Bonchev–Trinajstić information content (AvgIpc) is 3.58. The molecule has 29 heavy (non-hydrogen) atoms. The quantitative estimate of drug-likeness (QED) is 0.630. The Labute approximate surface area is 170 Å². The summed E-state index contributed by atoms with van der Waals surface area (Å²) in [7, 11) is 0. The van der Waals surface area contributed by atoms with Gasteiger partial charge in [-0.1, -0.05) is 67.6 Å². The Morgan fingerprint density at radius 2 is 1.76 bits per heavy atom. The van der Waals surface area contributed by atoms with Crippen LogP contribution in [0.3, 0.4) is 0 Å². The first-order valence-electron chi connectivity index (χ1n) is 10.0. The van der Waals surface area contributed by atoms with Crippen molar-refractivity contribution in [2.45, 2.75) is 31.7 Å². The zero-order valence-corrected chi connectivity index (χ0v) is 16.5. The van der Waals surface area contributed by atoms with Crippen molar-refractivity contribution in [1.82, 2.24) is 0 Å². The normalized spacial score (nSPS) is 16.4. The van der Waals surface area contributed by atoms with Gasteiger partial charge in [-0.25, -0.2) is 4.79 Å². The van der Waals surface area contributed by atoms with Crippen LogP contribution < -0.4 is 11.4 Å². The van der Waals surface area contributed by atoms with E-state index in [1.807, 2.05) is 73.7 Å². The van der Waals surface area contributed by atoms with Gasteiger partial charge >= 0.3 is 5.63 Å². The van der Waals surface area contributed by atoms with Crippen molar-refractivity contribution >= 4 is 11.6 Å². The predicted octanol–water partition coefficient (Wildman–Crippen LogP) is 4.91. The lowest BCUT2D eigenvalue weighted by Crippen LogP contribution is -2.44. The highest BCUT2D eigenvalue weighted by Gasteiger charge is 2.48. The zero-order valence-electron chi connectivity index (χ0n) is 16.5. The molecule has 1 aromatic heterocycles. The van der Waals surface area contributed by atoms with Crippen LogP contribution in [-0.2, 0) is 5.54 Å². The molecule has 3 aromatic rings. The maximum atomic E-state index is 13.1.